The van der Waals surface area contributed by atoms with Crippen molar-refractivity contribution in [3.63, 3.8) is 0 Å². The molecule has 0 radical (unpaired) electrons. The largest absolute Gasteiger partial charge is 0.496 e. The van der Waals surface area contributed by atoms with E-state index in [0.29, 0.717) is 22.9 Å². The SMILES string of the molecule is COc1ccccc1-c1ocnc1C(=O)Nc1cnccn1. The third kappa shape index (κ3) is 2.64. The normalized spacial score (nSPS) is 10.2. The summed E-state index contributed by atoms with van der Waals surface area (Å²) in [5, 5.41) is 2.62. The topological polar surface area (TPSA) is 90.1 Å². The average Bonchev–Trinajstić information content (AvgIpc) is 3.05. The molecule has 3 rings (SSSR count). The smallest absolute Gasteiger partial charge is 0.279 e. The molecule has 1 amide bonds. The van der Waals surface area contributed by atoms with Gasteiger partial charge in [0, 0.05) is 12.4 Å². The van der Waals surface area contributed by atoms with E-state index in [1.165, 1.54) is 25.0 Å². The Bertz CT molecular complexity index is 786. The highest BCUT2D eigenvalue weighted by molar-refractivity contribution is 6.06. The highest BCUT2D eigenvalue weighted by Crippen LogP contribution is 2.31. The molecule has 0 fully saturated rings. The van der Waals surface area contributed by atoms with Crippen molar-refractivity contribution in [1.82, 2.24) is 15.0 Å². The molecule has 0 bridgehead atoms. The van der Waals surface area contributed by atoms with E-state index < -0.39 is 5.91 Å². The summed E-state index contributed by atoms with van der Waals surface area (Å²) < 4.78 is 10.6. The molecule has 2 aromatic heterocycles. The Hall–Kier alpha value is -3.22. The van der Waals surface area contributed by atoms with Gasteiger partial charge < -0.3 is 14.5 Å². The number of anilines is 1. The molecule has 1 N–H and O–H groups in total. The molecule has 2 heterocycles. The standard InChI is InChI=1S/C15H12N4O3/c1-21-11-5-3-2-4-10(11)14-13(18-9-22-14)15(20)19-12-8-16-6-7-17-12/h2-9H,1H3,(H,17,19,20). The number of aromatic nitrogens is 3. The fourth-order valence-corrected chi connectivity index (χ4v) is 1.97. The number of para-hydroxylation sites is 1. The van der Waals surface area contributed by atoms with Gasteiger partial charge in [0.25, 0.3) is 5.91 Å². The van der Waals surface area contributed by atoms with E-state index >= 15 is 0 Å². The third-order valence-electron chi connectivity index (χ3n) is 2.94. The van der Waals surface area contributed by atoms with Crippen molar-refractivity contribution >= 4 is 11.7 Å². The van der Waals surface area contributed by atoms with Gasteiger partial charge in [-0.25, -0.2) is 9.97 Å². The Balaban J connectivity index is 1.94. The Kier molecular flexibility index (Phi) is 3.78. The van der Waals surface area contributed by atoms with Gasteiger partial charge in [0.1, 0.15) is 5.75 Å². The highest BCUT2D eigenvalue weighted by Gasteiger charge is 2.21. The summed E-state index contributed by atoms with van der Waals surface area (Å²) in [6, 6.07) is 7.23. The van der Waals surface area contributed by atoms with Crippen LogP contribution in [0.1, 0.15) is 10.5 Å². The minimum atomic E-state index is -0.435. The number of amides is 1. The first-order chi connectivity index (χ1) is 10.8. The number of rotatable bonds is 4. The summed E-state index contributed by atoms with van der Waals surface area (Å²) >= 11 is 0. The number of methoxy groups -OCH3 is 1. The molecule has 22 heavy (non-hydrogen) atoms. The first-order valence-corrected chi connectivity index (χ1v) is 6.44. The Morgan fingerprint density at radius 3 is 2.86 bits per heavy atom. The van der Waals surface area contributed by atoms with Crippen molar-refractivity contribution in [2.24, 2.45) is 0 Å². The van der Waals surface area contributed by atoms with Crippen molar-refractivity contribution in [3.8, 4) is 17.1 Å². The summed E-state index contributed by atoms with van der Waals surface area (Å²) in [7, 11) is 1.55. The molecule has 7 heteroatoms. The summed E-state index contributed by atoms with van der Waals surface area (Å²) in [5.74, 6) is 0.822. The minimum absolute atomic E-state index is 0.148. The van der Waals surface area contributed by atoms with Crippen LogP contribution in [0.3, 0.4) is 0 Å². The molecule has 7 nitrogen and oxygen atoms in total. The maximum Gasteiger partial charge on any atom is 0.279 e. The Morgan fingerprint density at radius 2 is 2.09 bits per heavy atom. The monoisotopic (exact) mass is 296 g/mol. The molecule has 0 aliphatic carbocycles. The van der Waals surface area contributed by atoms with Crippen LogP contribution in [-0.4, -0.2) is 28.0 Å². The van der Waals surface area contributed by atoms with Crippen LogP contribution in [0, 0.1) is 0 Å². The lowest BCUT2D eigenvalue weighted by Gasteiger charge is -2.07. The van der Waals surface area contributed by atoms with Gasteiger partial charge in [-0.3, -0.25) is 9.78 Å². The van der Waals surface area contributed by atoms with Gasteiger partial charge in [0.2, 0.25) is 0 Å². The van der Waals surface area contributed by atoms with Gasteiger partial charge >= 0.3 is 0 Å². The predicted octanol–water partition coefficient (Wildman–Crippen LogP) is 2.39. The predicted molar refractivity (Wildman–Crippen MR) is 78.5 cm³/mol. The fraction of sp³-hybridized carbons (Fsp3) is 0.0667. The molecule has 0 saturated heterocycles. The molecule has 0 saturated carbocycles. The average molecular weight is 296 g/mol. The minimum Gasteiger partial charge on any atom is -0.496 e. The maximum atomic E-state index is 12.3. The zero-order valence-electron chi connectivity index (χ0n) is 11.7. The van der Waals surface area contributed by atoms with E-state index in [1.54, 1.807) is 19.2 Å². The molecule has 1 aromatic carbocycles. The summed E-state index contributed by atoms with van der Waals surface area (Å²) in [4.78, 5) is 24.2. The molecule has 0 aliphatic heterocycles. The van der Waals surface area contributed by atoms with E-state index in [4.69, 9.17) is 9.15 Å². The molecule has 0 atom stereocenters. The third-order valence-corrected chi connectivity index (χ3v) is 2.94. The Labute approximate surface area is 126 Å². The molecule has 0 spiro atoms. The number of carbonyl (C=O) groups excluding carboxylic acids is 1. The van der Waals surface area contributed by atoms with Crippen LogP contribution in [0.5, 0.6) is 5.75 Å². The number of hydrogen-bond donors (Lipinski definition) is 1. The van der Waals surface area contributed by atoms with Gasteiger partial charge in [-0.1, -0.05) is 12.1 Å². The van der Waals surface area contributed by atoms with Crippen LogP contribution >= 0.6 is 0 Å². The quantitative estimate of drug-likeness (QED) is 0.795. The first-order valence-electron chi connectivity index (χ1n) is 6.44. The molecular formula is C15H12N4O3. The number of ether oxygens (including phenoxy) is 1. The van der Waals surface area contributed by atoms with E-state index in [9.17, 15) is 4.79 Å². The number of benzene rings is 1. The van der Waals surface area contributed by atoms with Gasteiger partial charge in [-0.2, -0.15) is 0 Å². The summed E-state index contributed by atoms with van der Waals surface area (Å²) in [5.41, 5.74) is 0.793. The van der Waals surface area contributed by atoms with Crippen LogP contribution < -0.4 is 10.1 Å². The number of nitrogens with one attached hydrogen (secondary N) is 1. The lowest BCUT2D eigenvalue weighted by Crippen LogP contribution is -2.14. The first kappa shape index (κ1) is 13.7. The molecule has 110 valence electrons. The molecule has 0 aliphatic rings. The molecule has 3 aromatic rings. The second-order valence-electron chi connectivity index (χ2n) is 4.28. The second-order valence-corrected chi connectivity index (χ2v) is 4.28. The van der Waals surface area contributed by atoms with Gasteiger partial charge in [-0.15, -0.1) is 0 Å². The van der Waals surface area contributed by atoms with Crippen molar-refractivity contribution < 1.29 is 13.9 Å². The highest BCUT2D eigenvalue weighted by atomic mass is 16.5. The number of nitrogens with zero attached hydrogens (tertiary/aromatic N) is 3. The second kappa shape index (κ2) is 6.04. The fourth-order valence-electron chi connectivity index (χ4n) is 1.97. The molecule has 0 unspecified atom stereocenters. The van der Waals surface area contributed by atoms with Crippen molar-refractivity contribution in [1.29, 1.82) is 0 Å². The summed E-state index contributed by atoms with van der Waals surface area (Å²) in [6.45, 7) is 0. The van der Waals surface area contributed by atoms with E-state index in [0.717, 1.165) is 0 Å². The van der Waals surface area contributed by atoms with Gasteiger partial charge in [0.05, 0.1) is 18.9 Å². The van der Waals surface area contributed by atoms with Gasteiger partial charge in [0.15, 0.2) is 23.7 Å². The number of oxazole rings is 1. The van der Waals surface area contributed by atoms with Crippen molar-refractivity contribution in [2.45, 2.75) is 0 Å². The van der Waals surface area contributed by atoms with Crippen LogP contribution in [0.25, 0.3) is 11.3 Å². The van der Waals surface area contributed by atoms with E-state index in [1.807, 2.05) is 12.1 Å². The zero-order chi connectivity index (χ0) is 15.4. The lowest BCUT2D eigenvalue weighted by atomic mass is 10.1. The number of hydrogen-bond acceptors (Lipinski definition) is 6. The Morgan fingerprint density at radius 1 is 1.23 bits per heavy atom. The van der Waals surface area contributed by atoms with Crippen LogP contribution in [0.2, 0.25) is 0 Å². The maximum absolute atomic E-state index is 12.3. The number of carbonyl (C=O) groups is 1. The van der Waals surface area contributed by atoms with Crippen LogP contribution in [-0.2, 0) is 0 Å². The van der Waals surface area contributed by atoms with E-state index in [-0.39, 0.29) is 5.69 Å². The lowest BCUT2D eigenvalue weighted by molar-refractivity contribution is 0.102. The van der Waals surface area contributed by atoms with E-state index in [2.05, 4.69) is 20.3 Å². The van der Waals surface area contributed by atoms with Gasteiger partial charge in [-0.05, 0) is 12.1 Å². The zero-order valence-corrected chi connectivity index (χ0v) is 11.7. The van der Waals surface area contributed by atoms with Crippen molar-refractivity contribution in [3.05, 3.63) is 54.9 Å². The van der Waals surface area contributed by atoms with Crippen LogP contribution in [0.15, 0.2) is 53.7 Å². The van der Waals surface area contributed by atoms with Crippen molar-refractivity contribution in [2.75, 3.05) is 12.4 Å². The molecular weight excluding hydrogens is 284 g/mol. The van der Waals surface area contributed by atoms with Crippen LogP contribution in [0.4, 0.5) is 5.82 Å². The summed E-state index contributed by atoms with van der Waals surface area (Å²) in [6.07, 6.45) is 5.67.